The third kappa shape index (κ3) is 5.21. The van der Waals surface area contributed by atoms with Crippen LogP contribution in [0.4, 0.5) is 0 Å². The van der Waals surface area contributed by atoms with Gasteiger partial charge in [-0.15, -0.1) is 28.2 Å². The molecule has 4 heterocycles. The van der Waals surface area contributed by atoms with E-state index in [1.807, 2.05) is 0 Å². The molecule has 0 aromatic carbocycles. The fraction of sp³-hybridized carbons (Fsp3) is 0.368. The first-order valence-electron chi connectivity index (χ1n) is 10.3. The number of aryl methyl sites for hydroxylation is 1. The van der Waals surface area contributed by atoms with Crippen LogP contribution >= 0.6 is 34.9 Å². The van der Waals surface area contributed by atoms with E-state index in [1.165, 1.54) is 22.5 Å². The molecule has 2 aromatic heterocycles. The van der Waals surface area contributed by atoms with E-state index >= 15 is 0 Å². The number of fused-ring (bicyclic) bond motifs is 1. The van der Waals surface area contributed by atoms with Gasteiger partial charge in [-0.2, -0.15) is 0 Å². The summed E-state index contributed by atoms with van der Waals surface area (Å²) in [6.45, 7) is 0.0533. The van der Waals surface area contributed by atoms with Gasteiger partial charge in [0, 0.05) is 16.4 Å². The minimum absolute atomic E-state index is 0.0241. The molecule has 1 fully saturated rings. The van der Waals surface area contributed by atoms with E-state index in [-0.39, 0.29) is 42.2 Å². The number of carboxylic acids is 3. The fourth-order valence-corrected chi connectivity index (χ4v) is 6.88. The van der Waals surface area contributed by atoms with E-state index in [2.05, 4.69) is 20.8 Å². The summed E-state index contributed by atoms with van der Waals surface area (Å²) >= 11 is 3.54. The number of thiophene rings is 1. The second-order valence-electron chi connectivity index (χ2n) is 7.57. The highest BCUT2D eigenvalue weighted by Crippen LogP contribution is 2.41. The van der Waals surface area contributed by atoms with E-state index in [0.717, 1.165) is 28.0 Å². The van der Waals surface area contributed by atoms with Crippen LogP contribution in [0.15, 0.2) is 27.9 Å². The molecule has 2 atom stereocenters. The maximum Gasteiger partial charge on any atom is 0.352 e. The molecule has 2 aliphatic rings. The summed E-state index contributed by atoms with van der Waals surface area (Å²) in [6, 6.07) is 0.472. The molecule has 0 radical (unpaired) electrons. The summed E-state index contributed by atoms with van der Waals surface area (Å²) in [5, 5.41) is 42.8. The Bertz CT molecular complexity index is 1270. The number of β-lactam (4-membered cyclic amide) rings is 1. The Labute approximate surface area is 214 Å². The van der Waals surface area contributed by atoms with Crippen molar-refractivity contribution in [1.82, 2.24) is 30.4 Å². The lowest BCUT2D eigenvalue weighted by molar-refractivity contribution is -0.150. The van der Waals surface area contributed by atoms with Gasteiger partial charge in [-0.1, -0.05) is 11.8 Å². The lowest BCUT2D eigenvalue weighted by Crippen LogP contribution is -2.70. The lowest BCUT2D eigenvalue weighted by atomic mass is 10.0. The Kier molecular flexibility index (Phi) is 7.60. The fourth-order valence-electron chi connectivity index (χ4n) is 3.63. The Morgan fingerprint density at radius 3 is 2.67 bits per heavy atom. The van der Waals surface area contributed by atoms with Gasteiger partial charge in [0.15, 0.2) is 0 Å². The van der Waals surface area contributed by atoms with Gasteiger partial charge in [0.1, 0.15) is 17.1 Å². The molecule has 1 unspecified atom stereocenters. The molecular weight excluding hydrogens is 536 g/mol. The molecule has 1 saturated heterocycles. The van der Waals surface area contributed by atoms with E-state index in [1.54, 1.807) is 5.38 Å². The molecule has 0 aliphatic carbocycles. The molecule has 14 nitrogen and oxygen atoms in total. The first-order valence-corrected chi connectivity index (χ1v) is 13.2. The second-order valence-corrected chi connectivity index (χ2v) is 10.6. The standard InChI is InChI=1S/C19H18N6O8S3/c26-11(5-10-9(17(30)31)2-4-34-10)20-13-15(29)25-14(18(32)33)8(6-35-16(13)25)7-36-19-21-22-23-24(19)3-1-12(27)28/h2,4,13,16H,1,3,5-7H2,(H,20,26)(H,27,28)(H,30,31)(H,32,33)/t13?,16-/m1/s1. The summed E-state index contributed by atoms with van der Waals surface area (Å²) in [4.78, 5) is 60.9. The minimum atomic E-state index is -1.29. The van der Waals surface area contributed by atoms with Gasteiger partial charge in [0.05, 0.1) is 24.9 Å². The first-order chi connectivity index (χ1) is 17.2. The second kappa shape index (κ2) is 10.7. The molecule has 36 heavy (non-hydrogen) atoms. The number of carbonyl (C=O) groups is 5. The first kappa shape index (κ1) is 25.6. The number of amides is 2. The smallest absolute Gasteiger partial charge is 0.352 e. The van der Waals surface area contributed by atoms with Gasteiger partial charge in [-0.05, 0) is 27.4 Å². The zero-order valence-corrected chi connectivity index (χ0v) is 20.6. The van der Waals surface area contributed by atoms with Crippen LogP contribution in [0.3, 0.4) is 0 Å². The molecule has 0 saturated carbocycles. The predicted molar refractivity (Wildman–Crippen MR) is 125 cm³/mol. The van der Waals surface area contributed by atoms with Crippen molar-refractivity contribution in [1.29, 1.82) is 0 Å². The average Bonchev–Trinajstić information content (AvgIpc) is 3.48. The monoisotopic (exact) mass is 554 g/mol. The highest BCUT2D eigenvalue weighted by atomic mass is 32.2. The average molecular weight is 555 g/mol. The Morgan fingerprint density at radius 1 is 1.19 bits per heavy atom. The summed E-state index contributed by atoms with van der Waals surface area (Å²) in [5.41, 5.74) is 0.318. The number of tetrazole rings is 1. The zero-order chi connectivity index (χ0) is 26.0. The number of nitrogens with zero attached hydrogens (tertiary/aromatic N) is 5. The summed E-state index contributed by atoms with van der Waals surface area (Å²) < 4.78 is 1.31. The lowest BCUT2D eigenvalue weighted by Gasteiger charge is -2.49. The maximum atomic E-state index is 12.8. The van der Waals surface area contributed by atoms with Gasteiger partial charge >= 0.3 is 17.9 Å². The topological polar surface area (TPSA) is 205 Å². The number of aromatic nitrogens is 4. The number of aliphatic carboxylic acids is 2. The van der Waals surface area contributed by atoms with Gasteiger partial charge in [-0.3, -0.25) is 19.3 Å². The predicted octanol–water partition coefficient (Wildman–Crippen LogP) is -0.0191. The molecule has 4 N–H and O–H groups in total. The molecule has 190 valence electrons. The van der Waals surface area contributed by atoms with Crippen LogP contribution < -0.4 is 5.32 Å². The molecule has 17 heteroatoms. The van der Waals surface area contributed by atoms with Crippen molar-refractivity contribution < 1.29 is 39.3 Å². The highest BCUT2D eigenvalue weighted by molar-refractivity contribution is 8.01. The highest BCUT2D eigenvalue weighted by Gasteiger charge is 2.54. The molecule has 2 amide bonds. The molecule has 4 rings (SSSR count). The van der Waals surface area contributed by atoms with Gasteiger partial charge < -0.3 is 20.6 Å². The summed E-state index contributed by atoms with van der Waals surface area (Å²) in [7, 11) is 0. The number of carbonyl (C=O) groups excluding carboxylic acids is 2. The zero-order valence-electron chi connectivity index (χ0n) is 18.2. The van der Waals surface area contributed by atoms with Crippen LogP contribution in [0.2, 0.25) is 0 Å². The normalized spacial score (nSPS) is 19.0. The molecular formula is C19H18N6O8S3. The third-order valence-electron chi connectivity index (χ3n) is 5.28. The van der Waals surface area contributed by atoms with Gasteiger partial charge in [-0.25, -0.2) is 14.3 Å². The van der Waals surface area contributed by atoms with Crippen molar-refractivity contribution in [2.45, 2.75) is 36.0 Å². The third-order valence-corrected chi connectivity index (χ3v) is 8.58. The quantitative estimate of drug-likeness (QED) is 0.213. The van der Waals surface area contributed by atoms with Crippen LogP contribution in [0.1, 0.15) is 21.7 Å². The van der Waals surface area contributed by atoms with Crippen molar-refractivity contribution in [2.24, 2.45) is 0 Å². The SMILES string of the molecule is O=C(O)CCn1nnnc1SCC1=C(C(=O)O)N2C(=O)C(NC(=O)Cc3sccc3C(=O)O)[C@H]2SC1. The molecule has 0 spiro atoms. The molecule has 2 aliphatic heterocycles. The van der Waals surface area contributed by atoms with Gasteiger partial charge in [0.25, 0.3) is 5.91 Å². The van der Waals surface area contributed by atoms with Crippen molar-refractivity contribution in [3.63, 3.8) is 0 Å². The Balaban J connectivity index is 1.42. The van der Waals surface area contributed by atoms with Crippen molar-refractivity contribution >= 4 is 64.6 Å². The van der Waals surface area contributed by atoms with E-state index < -0.39 is 41.1 Å². The molecule has 0 bridgehead atoms. The number of hydrogen-bond donors (Lipinski definition) is 4. The number of thioether (sulfide) groups is 2. The van der Waals surface area contributed by atoms with E-state index in [9.17, 15) is 34.2 Å². The largest absolute Gasteiger partial charge is 0.481 e. The van der Waals surface area contributed by atoms with Crippen LogP contribution in [-0.4, -0.2) is 93.1 Å². The van der Waals surface area contributed by atoms with E-state index in [0.29, 0.717) is 15.6 Å². The van der Waals surface area contributed by atoms with Crippen molar-refractivity contribution in [3.05, 3.63) is 33.2 Å². The maximum absolute atomic E-state index is 12.8. The van der Waals surface area contributed by atoms with Crippen LogP contribution in [0, 0.1) is 0 Å². The van der Waals surface area contributed by atoms with Crippen molar-refractivity contribution in [3.8, 4) is 0 Å². The number of rotatable bonds is 11. The summed E-state index contributed by atoms with van der Waals surface area (Å²) in [5.74, 6) is -4.12. The van der Waals surface area contributed by atoms with Crippen molar-refractivity contribution in [2.75, 3.05) is 11.5 Å². The number of aromatic carboxylic acids is 1. The minimum Gasteiger partial charge on any atom is -0.481 e. The Morgan fingerprint density at radius 2 is 1.97 bits per heavy atom. The number of hydrogen-bond acceptors (Lipinski definition) is 11. The van der Waals surface area contributed by atoms with Crippen LogP contribution in [-0.2, 0) is 32.1 Å². The number of nitrogens with one attached hydrogen (secondary N) is 1. The van der Waals surface area contributed by atoms with E-state index in [4.69, 9.17) is 5.11 Å². The van der Waals surface area contributed by atoms with Crippen LogP contribution in [0.5, 0.6) is 0 Å². The van der Waals surface area contributed by atoms with Crippen LogP contribution in [0.25, 0.3) is 0 Å². The number of carboxylic acid groups (broad SMARTS) is 3. The summed E-state index contributed by atoms with van der Waals surface area (Å²) in [6.07, 6.45) is -0.390. The van der Waals surface area contributed by atoms with Gasteiger partial charge in [0.2, 0.25) is 11.1 Å². The Hall–Kier alpha value is -3.44. The molecule has 2 aromatic rings.